The molecule has 0 aliphatic carbocycles. The molecule has 27 heavy (non-hydrogen) atoms. The van der Waals surface area contributed by atoms with Crippen molar-refractivity contribution in [2.24, 2.45) is 5.92 Å². The van der Waals surface area contributed by atoms with Gasteiger partial charge in [-0.05, 0) is 25.0 Å². The van der Waals surface area contributed by atoms with Crippen molar-refractivity contribution in [3.63, 3.8) is 0 Å². The Morgan fingerprint density at radius 2 is 2.04 bits per heavy atom. The third-order valence-corrected chi connectivity index (χ3v) is 4.80. The van der Waals surface area contributed by atoms with Gasteiger partial charge in [0.2, 0.25) is 5.88 Å². The molecule has 0 aliphatic heterocycles. The summed E-state index contributed by atoms with van der Waals surface area (Å²) >= 11 is 1.39. The van der Waals surface area contributed by atoms with Crippen molar-refractivity contribution >= 4 is 39.5 Å². The molecule has 0 radical (unpaired) electrons. The van der Waals surface area contributed by atoms with Crippen molar-refractivity contribution in [1.82, 2.24) is 4.98 Å². The van der Waals surface area contributed by atoms with Crippen LogP contribution in [0.5, 0.6) is 0 Å². The topological polar surface area (TPSA) is 90.7 Å². The average Bonchev–Trinajstić information content (AvgIpc) is 3.19. The molecule has 0 bridgehead atoms. The van der Waals surface area contributed by atoms with Crippen LogP contribution >= 0.6 is 11.3 Å². The summed E-state index contributed by atoms with van der Waals surface area (Å²) in [5, 5.41) is 3.13. The van der Waals surface area contributed by atoms with Gasteiger partial charge in [0.15, 0.2) is 0 Å². The lowest BCUT2D eigenvalue weighted by Gasteiger charge is -2.08. The van der Waals surface area contributed by atoms with Gasteiger partial charge >= 0.3 is 12.1 Å². The van der Waals surface area contributed by atoms with Crippen molar-refractivity contribution < 1.29 is 23.5 Å². The largest absolute Gasteiger partial charge is 0.465 e. The molecule has 0 saturated carbocycles. The number of benzene rings is 1. The van der Waals surface area contributed by atoms with Crippen LogP contribution in [0.1, 0.15) is 30.0 Å². The molecule has 8 heteroatoms. The molecule has 1 aromatic carbocycles. The Labute approximate surface area is 160 Å². The number of fused-ring (bicyclic) bond motifs is 1. The maximum Gasteiger partial charge on any atom is 0.414 e. The van der Waals surface area contributed by atoms with Crippen LogP contribution in [-0.4, -0.2) is 30.8 Å². The van der Waals surface area contributed by atoms with Crippen LogP contribution in [0.25, 0.3) is 20.8 Å². The number of methoxy groups -OCH3 is 1. The maximum atomic E-state index is 12.3. The SMILES string of the molecule is COC(=O)c1c(C)oc(NC(=O)OCC(C)C)c1-c1nc2ccccc2s1. The Morgan fingerprint density at radius 1 is 1.30 bits per heavy atom. The van der Waals surface area contributed by atoms with E-state index in [2.05, 4.69) is 10.3 Å². The molecule has 2 aromatic heterocycles. The van der Waals surface area contributed by atoms with Gasteiger partial charge in [-0.25, -0.2) is 14.6 Å². The van der Waals surface area contributed by atoms with Crippen LogP contribution in [0.4, 0.5) is 10.7 Å². The van der Waals surface area contributed by atoms with E-state index in [1.165, 1.54) is 18.4 Å². The molecule has 3 aromatic rings. The maximum absolute atomic E-state index is 12.3. The Hall–Kier alpha value is -2.87. The molecule has 2 heterocycles. The summed E-state index contributed by atoms with van der Waals surface area (Å²) in [5.41, 5.74) is 1.42. The van der Waals surface area contributed by atoms with E-state index < -0.39 is 12.1 Å². The van der Waals surface area contributed by atoms with Crippen LogP contribution < -0.4 is 5.32 Å². The second-order valence-electron chi connectivity index (χ2n) is 6.33. The van der Waals surface area contributed by atoms with Gasteiger partial charge in [-0.3, -0.25) is 5.32 Å². The number of esters is 1. The number of ether oxygens (including phenoxy) is 2. The Morgan fingerprint density at radius 3 is 2.70 bits per heavy atom. The standard InChI is InChI=1S/C19H20N2O5S/c1-10(2)9-25-19(23)21-16-15(14(11(3)26-16)18(22)24-4)17-20-12-7-5-6-8-13(12)27-17/h5-8,10H,9H2,1-4H3,(H,21,23). The molecule has 0 aliphatic rings. The number of anilines is 1. The van der Waals surface area contributed by atoms with Crippen molar-refractivity contribution in [3.8, 4) is 10.6 Å². The van der Waals surface area contributed by atoms with Crippen molar-refractivity contribution in [2.75, 3.05) is 19.0 Å². The molecule has 0 saturated heterocycles. The van der Waals surface area contributed by atoms with E-state index in [1.54, 1.807) is 6.92 Å². The first-order chi connectivity index (χ1) is 12.9. The Bertz CT molecular complexity index is 956. The van der Waals surface area contributed by atoms with Gasteiger partial charge in [0, 0.05) is 0 Å². The van der Waals surface area contributed by atoms with Gasteiger partial charge in [-0.15, -0.1) is 11.3 Å². The number of nitrogens with zero attached hydrogens (tertiary/aromatic N) is 1. The zero-order valence-electron chi connectivity index (χ0n) is 15.5. The number of amides is 1. The molecule has 7 nitrogen and oxygen atoms in total. The van der Waals surface area contributed by atoms with Gasteiger partial charge in [0.05, 0.1) is 29.5 Å². The molecule has 1 amide bonds. The number of rotatable bonds is 5. The molecular weight excluding hydrogens is 368 g/mol. The number of aromatic nitrogens is 1. The number of aryl methyl sites for hydroxylation is 1. The van der Waals surface area contributed by atoms with E-state index in [1.807, 2.05) is 38.1 Å². The minimum Gasteiger partial charge on any atom is -0.465 e. The van der Waals surface area contributed by atoms with E-state index in [0.29, 0.717) is 16.3 Å². The number of nitrogens with one attached hydrogen (secondary N) is 1. The van der Waals surface area contributed by atoms with Gasteiger partial charge < -0.3 is 13.9 Å². The van der Waals surface area contributed by atoms with Gasteiger partial charge in [-0.1, -0.05) is 26.0 Å². The molecule has 0 unspecified atom stereocenters. The minimum atomic E-state index is -0.656. The van der Waals surface area contributed by atoms with E-state index in [-0.39, 0.29) is 24.0 Å². The number of thiazole rings is 1. The fraction of sp³-hybridized carbons (Fsp3) is 0.316. The first-order valence-corrected chi connectivity index (χ1v) is 9.23. The van der Waals surface area contributed by atoms with E-state index in [0.717, 1.165) is 10.2 Å². The highest BCUT2D eigenvalue weighted by Crippen LogP contribution is 2.40. The number of para-hydroxylation sites is 1. The van der Waals surface area contributed by atoms with Gasteiger partial charge in [-0.2, -0.15) is 0 Å². The molecule has 142 valence electrons. The monoisotopic (exact) mass is 388 g/mol. The normalized spacial score (nSPS) is 11.0. The zero-order valence-corrected chi connectivity index (χ0v) is 16.3. The fourth-order valence-electron chi connectivity index (χ4n) is 2.53. The van der Waals surface area contributed by atoms with Gasteiger partial charge in [0.1, 0.15) is 16.3 Å². The summed E-state index contributed by atoms with van der Waals surface area (Å²) in [6.45, 7) is 5.78. The predicted octanol–water partition coefficient (Wildman–Crippen LogP) is 4.86. The molecule has 3 rings (SSSR count). The zero-order chi connectivity index (χ0) is 19.6. The number of furan rings is 1. The third kappa shape index (κ3) is 3.95. The second-order valence-corrected chi connectivity index (χ2v) is 7.36. The molecule has 0 atom stereocenters. The fourth-order valence-corrected chi connectivity index (χ4v) is 3.55. The number of carbonyl (C=O) groups is 2. The molecular formula is C19H20N2O5S. The Balaban J connectivity index is 2.06. The quantitative estimate of drug-likeness (QED) is 0.628. The lowest BCUT2D eigenvalue weighted by Crippen LogP contribution is -2.16. The summed E-state index contributed by atoms with van der Waals surface area (Å²) in [6.07, 6.45) is -0.656. The second kappa shape index (κ2) is 7.79. The highest BCUT2D eigenvalue weighted by molar-refractivity contribution is 7.21. The average molecular weight is 388 g/mol. The highest BCUT2D eigenvalue weighted by Gasteiger charge is 2.29. The number of carbonyl (C=O) groups excluding carboxylic acids is 2. The van der Waals surface area contributed by atoms with Crippen LogP contribution in [0.15, 0.2) is 28.7 Å². The number of hydrogen-bond donors (Lipinski definition) is 1. The molecule has 0 spiro atoms. The van der Waals surface area contributed by atoms with Crippen LogP contribution in [0, 0.1) is 12.8 Å². The summed E-state index contributed by atoms with van der Waals surface area (Å²) in [4.78, 5) is 29.0. The van der Waals surface area contributed by atoms with Crippen LogP contribution in [0.3, 0.4) is 0 Å². The Kier molecular flexibility index (Phi) is 5.46. The first-order valence-electron chi connectivity index (χ1n) is 8.42. The lowest BCUT2D eigenvalue weighted by atomic mass is 10.1. The minimum absolute atomic E-state index is 0.112. The smallest absolute Gasteiger partial charge is 0.414 e. The summed E-state index contributed by atoms with van der Waals surface area (Å²) in [6, 6.07) is 7.61. The van der Waals surface area contributed by atoms with E-state index in [4.69, 9.17) is 13.9 Å². The van der Waals surface area contributed by atoms with Crippen LogP contribution in [-0.2, 0) is 9.47 Å². The first kappa shape index (κ1) is 18.9. The van der Waals surface area contributed by atoms with Gasteiger partial charge in [0.25, 0.3) is 0 Å². The van der Waals surface area contributed by atoms with Crippen molar-refractivity contribution in [2.45, 2.75) is 20.8 Å². The lowest BCUT2D eigenvalue weighted by molar-refractivity contribution is 0.0599. The van der Waals surface area contributed by atoms with E-state index in [9.17, 15) is 9.59 Å². The van der Waals surface area contributed by atoms with Crippen LogP contribution in [0.2, 0.25) is 0 Å². The van der Waals surface area contributed by atoms with Crippen molar-refractivity contribution in [1.29, 1.82) is 0 Å². The highest BCUT2D eigenvalue weighted by atomic mass is 32.1. The summed E-state index contributed by atoms with van der Waals surface area (Å²) < 4.78 is 16.6. The molecule has 1 N–H and O–H groups in total. The number of hydrogen-bond acceptors (Lipinski definition) is 7. The molecule has 0 fully saturated rings. The van der Waals surface area contributed by atoms with E-state index >= 15 is 0 Å². The third-order valence-electron chi connectivity index (χ3n) is 3.74. The van der Waals surface area contributed by atoms with Crippen molar-refractivity contribution in [3.05, 3.63) is 35.6 Å². The summed E-state index contributed by atoms with van der Waals surface area (Å²) in [7, 11) is 1.29. The predicted molar refractivity (Wildman–Crippen MR) is 103 cm³/mol. The summed E-state index contributed by atoms with van der Waals surface area (Å²) in [5.74, 6) is 0.0773.